The Balaban J connectivity index is 2.30. The van der Waals surface area contributed by atoms with E-state index in [4.69, 9.17) is 11.6 Å². The maximum Gasteiger partial charge on any atom is 0.275 e. The number of aromatic nitrogens is 2. The second-order valence-corrected chi connectivity index (χ2v) is 6.32. The van der Waals surface area contributed by atoms with Crippen molar-refractivity contribution in [1.29, 1.82) is 0 Å². The highest BCUT2D eigenvalue weighted by atomic mass is 79.9. The molecule has 0 aliphatic carbocycles. The molecule has 6 heteroatoms. The quantitative estimate of drug-likeness (QED) is 0.863. The molecule has 4 nitrogen and oxygen atoms in total. The predicted octanol–water partition coefficient (Wildman–Crippen LogP) is 4.58. The summed E-state index contributed by atoms with van der Waals surface area (Å²) in [4.78, 5) is 20.7. The highest BCUT2D eigenvalue weighted by Crippen LogP contribution is 2.22. The van der Waals surface area contributed by atoms with E-state index in [1.165, 1.54) is 6.20 Å². The van der Waals surface area contributed by atoms with Gasteiger partial charge in [-0.15, -0.1) is 0 Å². The third-order valence-corrected chi connectivity index (χ3v) is 3.70. The summed E-state index contributed by atoms with van der Waals surface area (Å²) in [6, 6.07) is 5.62. The Bertz CT molecular complexity index is 689. The van der Waals surface area contributed by atoms with Crippen molar-refractivity contribution in [3.63, 3.8) is 0 Å². The summed E-state index contributed by atoms with van der Waals surface area (Å²) < 4.78 is 0.958. The van der Waals surface area contributed by atoms with Crippen molar-refractivity contribution in [3.8, 4) is 0 Å². The molecule has 0 aliphatic heterocycles. The molecule has 1 heterocycles. The normalized spacial score (nSPS) is 10.8. The second kappa shape index (κ2) is 6.54. The van der Waals surface area contributed by atoms with Gasteiger partial charge in [0.15, 0.2) is 5.69 Å². The summed E-state index contributed by atoms with van der Waals surface area (Å²) in [7, 11) is 0. The third kappa shape index (κ3) is 3.80. The largest absolute Gasteiger partial charge is 0.320 e. The number of hydrogen-bond donors (Lipinski definition) is 1. The number of aryl methyl sites for hydroxylation is 1. The van der Waals surface area contributed by atoms with Gasteiger partial charge in [0.1, 0.15) is 5.82 Å². The maximum absolute atomic E-state index is 12.3. The first-order valence-corrected chi connectivity index (χ1v) is 7.65. The molecule has 0 radical (unpaired) electrons. The lowest BCUT2D eigenvalue weighted by Gasteiger charge is -2.11. The van der Waals surface area contributed by atoms with Crippen molar-refractivity contribution in [2.24, 2.45) is 0 Å². The van der Waals surface area contributed by atoms with Crippen LogP contribution < -0.4 is 5.32 Å². The van der Waals surface area contributed by atoms with Gasteiger partial charge in [-0.3, -0.25) is 4.79 Å². The number of hydrogen-bond acceptors (Lipinski definition) is 3. The minimum atomic E-state index is -0.338. The Labute approximate surface area is 137 Å². The minimum Gasteiger partial charge on any atom is -0.320 e. The third-order valence-electron chi connectivity index (χ3n) is 2.93. The molecule has 2 aromatic rings. The van der Waals surface area contributed by atoms with E-state index < -0.39 is 0 Å². The van der Waals surface area contributed by atoms with E-state index in [-0.39, 0.29) is 22.5 Å². The number of benzene rings is 1. The van der Waals surface area contributed by atoms with Crippen molar-refractivity contribution in [1.82, 2.24) is 9.97 Å². The van der Waals surface area contributed by atoms with E-state index >= 15 is 0 Å². The van der Waals surface area contributed by atoms with Crippen LogP contribution in [0, 0.1) is 6.92 Å². The second-order valence-electron chi connectivity index (χ2n) is 4.99. The number of halogens is 2. The highest BCUT2D eigenvalue weighted by Gasteiger charge is 2.16. The monoisotopic (exact) mass is 367 g/mol. The number of amides is 1. The molecule has 1 aromatic heterocycles. The van der Waals surface area contributed by atoms with Gasteiger partial charge in [-0.25, -0.2) is 9.97 Å². The Morgan fingerprint density at radius 2 is 2.10 bits per heavy atom. The molecule has 0 spiro atoms. The Kier molecular flexibility index (Phi) is 4.96. The molecule has 1 N–H and O–H groups in total. The molecule has 0 fully saturated rings. The number of nitrogens with zero attached hydrogens (tertiary/aromatic N) is 2. The lowest BCUT2D eigenvalue weighted by atomic mass is 10.2. The van der Waals surface area contributed by atoms with Crippen molar-refractivity contribution < 1.29 is 4.79 Å². The molecule has 0 saturated heterocycles. The smallest absolute Gasteiger partial charge is 0.275 e. The lowest BCUT2D eigenvalue weighted by Crippen LogP contribution is -2.17. The van der Waals surface area contributed by atoms with Gasteiger partial charge >= 0.3 is 0 Å². The van der Waals surface area contributed by atoms with E-state index in [0.717, 1.165) is 15.7 Å². The van der Waals surface area contributed by atoms with E-state index in [2.05, 4.69) is 31.2 Å². The number of carbonyl (C=O) groups excluding carboxylic acids is 1. The molecule has 2 rings (SSSR count). The first-order chi connectivity index (χ1) is 9.88. The first-order valence-electron chi connectivity index (χ1n) is 6.48. The average molecular weight is 369 g/mol. The van der Waals surface area contributed by atoms with Crippen molar-refractivity contribution >= 4 is 39.1 Å². The van der Waals surface area contributed by atoms with E-state index in [9.17, 15) is 4.79 Å². The van der Waals surface area contributed by atoms with E-state index in [1.807, 2.05) is 39.0 Å². The molecule has 21 heavy (non-hydrogen) atoms. The number of anilines is 1. The molecule has 0 saturated carbocycles. The molecule has 0 bridgehead atoms. The van der Waals surface area contributed by atoms with Gasteiger partial charge in [-0.05, 0) is 30.7 Å². The SMILES string of the molecule is Cc1cc(Br)ccc1NC(=O)c1nc(C(C)C)ncc1Cl. The van der Waals surface area contributed by atoms with Crippen LogP contribution >= 0.6 is 27.5 Å². The Hall–Kier alpha value is -1.46. The fourth-order valence-corrected chi connectivity index (χ4v) is 2.42. The zero-order valence-electron chi connectivity index (χ0n) is 11.9. The number of carbonyl (C=O) groups is 1. The van der Waals surface area contributed by atoms with Crippen LogP contribution in [-0.4, -0.2) is 15.9 Å². The van der Waals surface area contributed by atoms with Gasteiger partial charge < -0.3 is 5.32 Å². The van der Waals surface area contributed by atoms with E-state index in [0.29, 0.717) is 5.82 Å². The summed E-state index contributed by atoms with van der Waals surface area (Å²) in [6.07, 6.45) is 1.47. The molecular formula is C15H15BrClN3O. The molecule has 110 valence electrons. The van der Waals surface area contributed by atoms with Crippen LogP contribution in [0.1, 0.15) is 41.6 Å². The van der Waals surface area contributed by atoms with Gasteiger partial charge in [0, 0.05) is 16.1 Å². The fourth-order valence-electron chi connectivity index (χ4n) is 1.77. The fraction of sp³-hybridized carbons (Fsp3) is 0.267. The van der Waals surface area contributed by atoms with Crippen LogP contribution in [0.5, 0.6) is 0 Å². The first kappa shape index (κ1) is 15.9. The molecule has 1 aromatic carbocycles. The zero-order chi connectivity index (χ0) is 15.6. The van der Waals surface area contributed by atoms with Gasteiger partial charge in [-0.2, -0.15) is 0 Å². The highest BCUT2D eigenvalue weighted by molar-refractivity contribution is 9.10. The molecule has 1 amide bonds. The van der Waals surface area contributed by atoms with Gasteiger partial charge in [0.2, 0.25) is 0 Å². The van der Waals surface area contributed by atoms with Gasteiger partial charge in [0.25, 0.3) is 5.91 Å². The van der Waals surface area contributed by atoms with Crippen LogP contribution in [-0.2, 0) is 0 Å². The summed E-state index contributed by atoms with van der Waals surface area (Å²) in [6.45, 7) is 5.84. The van der Waals surface area contributed by atoms with Gasteiger partial charge in [-0.1, -0.05) is 41.4 Å². The average Bonchev–Trinajstić information content (AvgIpc) is 2.42. The van der Waals surface area contributed by atoms with Crippen LogP contribution in [0.15, 0.2) is 28.9 Å². The molecular weight excluding hydrogens is 354 g/mol. The van der Waals surface area contributed by atoms with Crippen LogP contribution in [0.4, 0.5) is 5.69 Å². The number of nitrogens with one attached hydrogen (secondary N) is 1. The van der Waals surface area contributed by atoms with Crippen molar-refractivity contribution in [2.45, 2.75) is 26.7 Å². The summed E-state index contributed by atoms with van der Waals surface area (Å²) in [5.74, 6) is 0.384. The maximum atomic E-state index is 12.3. The van der Waals surface area contributed by atoms with Crippen LogP contribution in [0.3, 0.4) is 0 Å². The molecule has 0 atom stereocenters. The van der Waals surface area contributed by atoms with Crippen LogP contribution in [0.25, 0.3) is 0 Å². The number of rotatable bonds is 3. The Morgan fingerprint density at radius 1 is 1.38 bits per heavy atom. The summed E-state index contributed by atoms with van der Waals surface area (Å²) >= 11 is 9.42. The topological polar surface area (TPSA) is 54.9 Å². The van der Waals surface area contributed by atoms with E-state index in [1.54, 1.807) is 0 Å². The molecule has 0 unspecified atom stereocenters. The minimum absolute atomic E-state index is 0.128. The standard InChI is InChI=1S/C15H15BrClN3O/c1-8(2)14-18-7-11(17)13(20-14)15(21)19-12-5-4-10(16)6-9(12)3/h4-8H,1-3H3,(H,19,21). The van der Waals surface area contributed by atoms with Crippen molar-refractivity contribution in [3.05, 3.63) is 51.0 Å². The zero-order valence-corrected chi connectivity index (χ0v) is 14.3. The summed E-state index contributed by atoms with van der Waals surface area (Å²) in [5, 5.41) is 3.07. The van der Waals surface area contributed by atoms with Gasteiger partial charge in [0.05, 0.1) is 11.2 Å². The summed E-state index contributed by atoms with van der Waals surface area (Å²) in [5.41, 5.74) is 1.87. The van der Waals surface area contributed by atoms with Crippen LogP contribution in [0.2, 0.25) is 5.02 Å². The Morgan fingerprint density at radius 3 is 2.71 bits per heavy atom. The lowest BCUT2D eigenvalue weighted by molar-refractivity contribution is 0.102. The van der Waals surface area contributed by atoms with Crippen molar-refractivity contribution in [2.75, 3.05) is 5.32 Å². The predicted molar refractivity (Wildman–Crippen MR) is 88.0 cm³/mol. The molecule has 0 aliphatic rings.